The largest absolute Gasteiger partial charge is 0.374 e. The van der Waals surface area contributed by atoms with Crippen LogP contribution in [0, 0.1) is 0 Å². The Morgan fingerprint density at radius 2 is 2.15 bits per heavy atom. The predicted octanol–water partition coefficient (Wildman–Crippen LogP) is 2.26. The van der Waals surface area contributed by atoms with Crippen LogP contribution < -0.4 is 5.73 Å². The SMILES string of the molecule is CC=C(C=CCN)C(CC)OCC. The molecule has 2 N–H and O–H groups in total. The molecule has 2 nitrogen and oxygen atoms in total. The van der Waals surface area contributed by atoms with Gasteiger partial charge in [0.05, 0.1) is 6.10 Å². The molecule has 0 radical (unpaired) electrons. The molecule has 1 atom stereocenters. The quantitative estimate of drug-likeness (QED) is 0.641. The Morgan fingerprint density at radius 1 is 1.46 bits per heavy atom. The molecule has 0 heterocycles. The lowest BCUT2D eigenvalue weighted by Crippen LogP contribution is -2.13. The number of ether oxygens (including phenoxy) is 1. The van der Waals surface area contributed by atoms with Crippen LogP contribution in [0.5, 0.6) is 0 Å². The summed E-state index contributed by atoms with van der Waals surface area (Å²) in [7, 11) is 0. The van der Waals surface area contributed by atoms with Crippen LogP contribution in [-0.4, -0.2) is 19.3 Å². The van der Waals surface area contributed by atoms with E-state index in [1.165, 1.54) is 5.57 Å². The molecular weight excluding hydrogens is 162 g/mol. The maximum absolute atomic E-state index is 5.58. The summed E-state index contributed by atoms with van der Waals surface area (Å²) < 4.78 is 5.58. The van der Waals surface area contributed by atoms with Crippen LogP contribution in [0.4, 0.5) is 0 Å². The molecule has 1 unspecified atom stereocenters. The van der Waals surface area contributed by atoms with Gasteiger partial charge in [0.1, 0.15) is 0 Å². The molecule has 0 spiro atoms. The Kier molecular flexibility index (Phi) is 7.65. The van der Waals surface area contributed by atoms with Crippen molar-refractivity contribution in [2.45, 2.75) is 33.3 Å². The summed E-state index contributed by atoms with van der Waals surface area (Å²) in [6.07, 6.45) is 7.30. The third-order valence-corrected chi connectivity index (χ3v) is 1.89. The van der Waals surface area contributed by atoms with Gasteiger partial charge in [0.2, 0.25) is 0 Å². The van der Waals surface area contributed by atoms with Gasteiger partial charge in [-0.2, -0.15) is 0 Å². The normalized spacial score (nSPS) is 15.2. The molecule has 0 aromatic carbocycles. The topological polar surface area (TPSA) is 35.2 Å². The average Bonchev–Trinajstić information content (AvgIpc) is 2.17. The number of nitrogens with two attached hydrogens (primary N) is 1. The molecule has 0 rings (SSSR count). The first-order chi connectivity index (χ1) is 6.29. The summed E-state index contributed by atoms with van der Waals surface area (Å²) in [5, 5.41) is 0. The van der Waals surface area contributed by atoms with Crippen LogP contribution in [0.3, 0.4) is 0 Å². The predicted molar refractivity (Wildman–Crippen MR) is 57.7 cm³/mol. The van der Waals surface area contributed by atoms with Gasteiger partial charge in [0.15, 0.2) is 0 Å². The minimum absolute atomic E-state index is 0.220. The lowest BCUT2D eigenvalue weighted by Gasteiger charge is -2.15. The van der Waals surface area contributed by atoms with Gasteiger partial charge < -0.3 is 10.5 Å². The first kappa shape index (κ1) is 12.4. The van der Waals surface area contributed by atoms with Crippen molar-refractivity contribution in [3.05, 3.63) is 23.8 Å². The molecule has 0 aliphatic rings. The van der Waals surface area contributed by atoms with Crippen LogP contribution in [0.25, 0.3) is 0 Å². The van der Waals surface area contributed by atoms with Gasteiger partial charge in [-0.15, -0.1) is 0 Å². The molecular formula is C11H21NO. The van der Waals surface area contributed by atoms with Gasteiger partial charge in [0.25, 0.3) is 0 Å². The van der Waals surface area contributed by atoms with Crippen LogP contribution >= 0.6 is 0 Å². The van der Waals surface area contributed by atoms with Crippen molar-refractivity contribution in [2.24, 2.45) is 5.73 Å². The number of allylic oxidation sites excluding steroid dienone is 1. The average molecular weight is 183 g/mol. The molecule has 0 bridgehead atoms. The van der Waals surface area contributed by atoms with Gasteiger partial charge in [-0.3, -0.25) is 0 Å². The molecule has 0 saturated carbocycles. The van der Waals surface area contributed by atoms with E-state index in [1.54, 1.807) is 0 Å². The zero-order valence-electron chi connectivity index (χ0n) is 8.92. The molecule has 76 valence electrons. The Morgan fingerprint density at radius 3 is 2.54 bits per heavy atom. The summed E-state index contributed by atoms with van der Waals surface area (Å²) >= 11 is 0. The summed E-state index contributed by atoms with van der Waals surface area (Å²) in [5.74, 6) is 0. The fourth-order valence-corrected chi connectivity index (χ4v) is 1.24. The highest BCUT2D eigenvalue weighted by Gasteiger charge is 2.07. The van der Waals surface area contributed by atoms with Crippen molar-refractivity contribution in [2.75, 3.05) is 13.2 Å². The summed E-state index contributed by atoms with van der Waals surface area (Å²) in [4.78, 5) is 0. The summed E-state index contributed by atoms with van der Waals surface area (Å²) in [5.41, 5.74) is 6.61. The minimum Gasteiger partial charge on any atom is -0.374 e. The van der Waals surface area contributed by atoms with E-state index in [4.69, 9.17) is 10.5 Å². The standard InChI is InChI=1S/C11H21NO/c1-4-10(8-7-9-12)11(5-2)13-6-3/h4,7-8,11H,5-6,9,12H2,1-3H3. The van der Waals surface area contributed by atoms with Crippen molar-refractivity contribution in [3.8, 4) is 0 Å². The summed E-state index contributed by atoms with van der Waals surface area (Å²) in [6.45, 7) is 7.51. The molecule has 13 heavy (non-hydrogen) atoms. The van der Waals surface area contributed by atoms with E-state index in [-0.39, 0.29) is 6.10 Å². The Labute approximate surface area is 81.5 Å². The van der Waals surface area contributed by atoms with Crippen LogP contribution in [0.15, 0.2) is 23.8 Å². The highest BCUT2D eigenvalue weighted by Crippen LogP contribution is 2.12. The fourth-order valence-electron chi connectivity index (χ4n) is 1.24. The van der Waals surface area contributed by atoms with E-state index in [1.807, 2.05) is 26.0 Å². The lowest BCUT2D eigenvalue weighted by molar-refractivity contribution is 0.0879. The molecule has 0 saturated heterocycles. The zero-order chi connectivity index (χ0) is 10.1. The first-order valence-electron chi connectivity index (χ1n) is 4.94. The van der Waals surface area contributed by atoms with Crippen LogP contribution in [-0.2, 0) is 4.74 Å². The van der Waals surface area contributed by atoms with E-state index in [2.05, 4.69) is 13.0 Å². The molecule has 0 fully saturated rings. The maximum atomic E-state index is 5.58. The van der Waals surface area contributed by atoms with Gasteiger partial charge >= 0.3 is 0 Å². The summed E-state index contributed by atoms with van der Waals surface area (Å²) in [6, 6.07) is 0. The second kappa shape index (κ2) is 8.02. The van der Waals surface area contributed by atoms with Crippen LogP contribution in [0.2, 0.25) is 0 Å². The molecule has 0 aromatic rings. The number of hydrogen-bond acceptors (Lipinski definition) is 2. The highest BCUT2D eigenvalue weighted by molar-refractivity contribution is 5.22. The highest BCUT2D eigenvalue weighted by atomic mass is 16.5. The van der Waals surface area contributed by atoms with E-state index in [9.17, 15) is 0 Å². The second-order valence-corrected chi connectivity index (χ2v) is 2.78. The van der Waals surface area contributed by atoms with Gasteiger partial charge in [-0.25, -0.2) is 0 Å². The zero-order valence-corrected chi connectivity index (χ0v) is 8.92. The van der Waals surface area contributed by atoms with Crippen molar-refractivity contribution < 1.29 is 4.74 Å². The number of hydrogen-bond donors (Lipinski definition) is 1. The fraction of sp³-hybridized carbons (Fsp3) is 0.636. The Hall–Kier alpha value is -0.600. The third-order valence-electron chi connectivity index (χ3n) is 1.89. The minimum atomic E-state index is 0.220. The monoisotopic (exact) mass is 183 g/mol. The van der Waals surface area contributed by atoms with Crippen LogP contribution in [0.1, 0.15) is 27.2 Å². The van der Waals surface area contributed by atoms with E-state index in [0.29, 0.717) is 6.54 Å². The Balaban J connectivity index is 4.26. The molecule has 2 heteroatoms. The van der Waals surface area contributed by atoms with Gasteiger partial charge in [0, 0.05) is 13.2 Å². The van der Waals surface area contributed by atoms with E-state index in [0.717, 1.165) is 13.0 Å². The third kappa shape index (κ3) is 4.86. The van der Waals surface area contributed by atoms with Crippen molar-refractivity contribution in [1.29, 1.82) is 0 Å². The van der Waals surface area contributed by atoms with Crippen molar-refractivity contribution >= 4 is 0 Å². The lowest BCUT2D eigenvalue weighted by atomic mass is 10.1. The van der Waals surface area contributed by atoms with Gasteiger partial charge in [-0.05, 0) is 25.8 Å². The molecule has 0 aliphatic heterocycles. The molecule has 0 amide bonds. The van der Waals surface area contributed by atoms with Crippen molar-refractivity contribution in [3.63, 3.8) is 0 Å². The Bertz CT molecular complexity index is 173. The van der Waals surface area contributed by atoms with Crippen molar-refractivity contribution in [1.82, 2.24) is 0 Å². The smallest absolute Gasteiger partial charge is 0.0818 e. The van der Waals surface area contributed by atoms with Gasteiger partial charge in [-0.1, -0.05) is 25.2 Å². The molecule has 0 aliphatic carbocycles. The second-order valence-electron chi connectivity index (χ2n) is 2.78. The molecule has 0 aromatic heterocycles. The number of rotatable bonds is 6. The first-order valence-corrected chi connectivity index (χ1v) is 4.94. The van der Waals surface area contributed by atoms with E-state index >= 15 is 0 Å². The maximum Gasteiger partial charge on any atom is 0.0818 e. The van der Waals surface area contributed by atoms with E-state index < -0.39 is 0 Å².